The van der Waals surface area contributed by atoms with Crippen LogP contribution in [0.15, 0.2) is 18.3 Å². The molecule has 7 nitrogen and oxygen atoms in total. The minimum Gasteiger partial charge on any atom is -0.351 e. The van der Waals surface area contributed by atoms with Crippen LogP contribution in [0.3, 0.4) is 0 Å². The Balaban J connectivity index is 3.66. The summed E-state index contributed by atoms with van der Waals surface area (Å²) in [6.45, 7) is 3.29. The number of nitro groups is 2. The van der Waals surface area contributed by atoms with Gasteiger partial charge in [-0.25, -0.2) is 0 Å². The Morgan fingerprint density at radius 3 is 2.45 bits per heavy atom. The summed E-state index contributed by atoms with van der Waals surface area (Å²) in [6.07, 6.45) is 3.27. The van der Waals surface area contributed by atoms with Gasteiger partial charge in [-0.05, 0) is 32.0 Å². The van der Waals surface area contributed by atoms with Gasteiger partial charge in [0, 0.05) is 17.5 Å². The van der Waals surface area contributed by atoms with Crippen LogP contribution in [0.2, 0.25) is 0 Å². The van der Waals surface area contributed by atoms with Crippen LogP contribution < -0.4 is 5.32 Å². The third-order valence-electron chi connectivity index (χ3n) is 2.73. The maximum atomic E-state index is 11.3. The number of benzene rings is 1. The molecule has 0 amide bonds. The van der Waals surface area contributed by atoms with Crippen LogP contribution in [0, 0.1) is 27.2 Å². The van der Waals surface area contributed by atoms with Crippen molar-refractivity contribution in [3.8, 4) is 0 Å². The number of anilines is 1. The zero-order valence-electron chi connectivity index (χ0n) is 11.1. The average molecular weight is 300 g/mol. The molecule has 0 aliphatic rings. The van der Waals surface area contributed by atoms with Gasteiger partial charge >= 0.3 is 5.69 Å². The van der Waals surface area contributed by atoms with Gasteiger partial charge in [-0.2, -0.15) is 0 Å². The zero-order chi connectivity index (χ0) is 15.3. The first kappa shape index (κ1) is 15.9. The number of hydrogen-bond donors (Lipinski definition) is 1. The Hall–Kier alpha value is -2.15. The van der Waals surface area contributed by atoms with E-state index >= 15 is 0 Å². The van der Waals surface area contributed by atoms with E-state index < -0.39 is 9.85 Å². The molecule has 0 aromatic heterocycles. The molecule has 0 unspecified atom stereocenters. The quantitative estimate of drug-likeness (QED) is 0.492. The van der Waals surface area contributed by atoms with Crippen LogP contribution in [0.1, 0.15) is 18.1 Å². The van der Waals surface area contributed by atoms with Gasteiger partial charge in [-0.1, -0.05) is 6.08 Å². The molecular formula is C12H14ClN3O4. The second kappa shape index (κ2) is 6.85. The number of alkyl halides is 1. The van der Waals surface area contributed by atoms with Gasteiger partial charge in [0.05, 0.1) is 9.85 Å². The number of nitrogens with one attached hydrogen (secondary N) is 1. The van der Waals surface area contributed by atoms with Gasteiger partial charge in [0.15, 0.2) is 5.69 Å². The van der Waals surface area contributed by atoms with Crippen LogP contribution in [-0.2, 0) is 6.42 Å². The Morgan fingerprint density at radius 2 is 2.00 bits per heavy atom. The first-order valence-corrected chi connectivity index (χ1v) is 6.36. The van der Waals surface area contributed by atoms with Gasteiger partial charge in [-0.3, -0.25) is 20.2 Å². The highest BCUT2D eigenvalue weighted by molar-refractivity contribution is 6.18. The number of allylic oxidation sites excluding steroid dienone is 1. The maximum absolute atomic E-state index is 11.3. The summed E-state index contributed by atoms with van der Waals surface area (Å²) in [6, 6.07) is 1.32. The normalized spacial score (nSPS) is 10.8. The highest BCUT2D eigenvalue weighted by Crippen LogP contribution is 2.39. The van der Waals surface area contributed by atoms with E-state index in [0.29, 0.717) is 11.1 Å². The van der Waals surface area contributed by atoms with Crippen molar-refractivity contribution in [1.29, 1.82) is 0 Å². The van der Waals surface area contributed by atoms with Crippen molar-refractivity contribution >= 4 is 28.7 Å². The molecule has 0 aliphatic carbocycles. The van der Waals surface area contributed by atoms with E-state index in [9.17, 15) is 20.2 Å². The third kappa shape index (κ3) is 3.24. The molecule has 1 rings (SSSR count). The van der Waals surface area contributed by atoms with E-state index in [1.54, 1.807) is 19.9 Å². The molecule has 0 fully saturated rings. The second-order valence-electron chi connectivity index (χ2n) is 4.01. The Kier molecular flexibility index (Phi) is 5.45. The lowest BCUT2D eigenvalue weighted by Crippen LogP contribution is -2.07. The van der Waals surface area contributed by atoms with Crippen molar-refractivity contribution in [2.45, 2.75) is 20.3 Å². The molecule has 1 aromatic carbocycles. The van der Waals surface area contributed by atoms with Crippen molar-refractivity contribution in [2.75, 3.05) is 11.2 Å². The van der Waals surface area contributed by atoms with Crippen LogP contribution in [0.25, 0.3) is 0 Å². The van der Waals surface area contributed by atoms with Crippen LogP contribution in [-0.4, -0.2) is 15.7 Å². The molecule has 0 saturated heterocycles. The van der Waals surface area contributed by atoms with E-state index in [4.69, 9.17) is 11.6 Å². The predicted molar refractivity (Wildman–Crippen MR) is 77.3 cm³/mol. The molecule has 20 heavy (non-hydrogen) atoms. The Morgan fingerprint density at radius 1 is 1.35 bits per heavy atom. The Bertz CT molecular complexity index is 572. The number of nitro benzene ring substituents is 2. The van der Waals surface area contributed by atoms with Crippen molar-refractivity contribution in [1.82, 2.24) is 0 Å². The molecule has 1 N–H and O–H groups in total. The molecule has 108 valence electrons. The van der Waals surface area contributed by atoms with Gasteiger partial charge in [0.1, 0.15) is 0 Å². The van der Waals surface area contributed by atoms with Gasteiger partial charge in [-0.15, -0.1) is 11.6 Å². The minimum absolute atomic E-state index is 0.121. The predicted octanol–water partition coefficient (Wildman–Crippen LogP) is 3.54. The van der Waals surface area contributed by atoms with Crippen LogP contribution >= 0.6 is 11.6 Å². The summed E-state index contributed by atoms with van der Waals surface area (Å²) < 4.78 is 0. The van der Waals surface area contributed by atoms with Gasteiger partial charge in [0.2, 0.25) is 0 Å². The number of aryl methyl sites for hydroxylation is 1. The molecule has 0 heterocycles. The molecule has 8 heteroatoms. The standard InChI is InChI=1S/C12H14ClN3O4/c1-3-6-14-11-10(15(17)18)7-8(2)9(4-5-13)12(11)16(19)20/h3,6-7,14H,4-5H2,1-2H3. The SMILES string of the molecule is CC=CNc1c([N+](=O)[O-])cc(C)c(CCCl)c1[N+](=O)[O-]. The lowest BCUT2D eigenvalue weighted by atomic mass is 10.0. The van der Waals surface area contributed by atoms with Gasteiger partial charge < -0.3 is 5.32 Å². The number of nitrogens with zero attached hydrogens (tertiary/aromatic N) is 2. The smallest absolute Gasteiger partial charge is 0.303 e. The number of rotatable bonds is 6. The largest absolute Gasteiger partial charge is 0.351 e. The number of hydrogen-bond acceptors (Lipinski definition) is 5. The van der Waals surface area contributed by atoms with Crippen LogP contribution in [0.5, 0.6) is 0 Å². The molecule has 0 bridgehead atoms. The van der Waals surface area contributed by atoms with Crippen molar-refractivity contribution < 1.29 is 9.85 Å². The van der Waals surface area contributed by atoms with E-state index in [1.807, 2.05) is 0 Å². The van der Waals surface area contributed by atoms with Crippen molar-refractivity contribution in [3.63, 3.8) is 0 Å². The first-order valence-electron chi connectivity index (χ1n) is 5.83. The molecular weight excluding hydrogens is 286 g/mol. The molecule has 0 spiro atoms. The highest BCUT2D eigenvalue weighted by Gasteiger charge is 2.30. The molecule has 0 saturated carbocycles. The zero-order valence-corrected chi connectivity index (χ0v) is 11.8. The summed E-state index contributed by atoms with van der Waals surface area (Å²) in [5, 5.41) is 25.0. The van der Waals surface area contributed by atoms with E-state index in [-0.39, 0.29) is 29.4 Å². The lowest BCUT2D eigenvalue weighted by Gasteiger charge is -2.10. The average Bonchev–Trinajstić information content (AvgIpc) is 2.38. The summed E-state index contributed by atoms with van der Waals surface area (Å²) in [5.74, 6) is 0.197. The topological polar surface area (TPSA) is 98.3 Å². The summed E-state index contributed by atoms with van der Waals surface area (Å²) in [7, 11) is 0. The van der Waals surface area contributed by atoms with E-state index in [0.717, 1.165) is 0 Å². The summed E-state index contributed by atoms with van der Waals surface area (Å²) >= 11 is 5.65. The summed E-state index contributed by atoms with van der Waals surface area (Å²) in [4.78, 5) is 21.1. The molecule has 0 radical (unpaired) electrons. The van der Waals surface area contributed by atoms with Crippen molar-refractivity contribution in [3.05, 3.63) is 49.7 Å². The molecule has 0 atom stereocenters. The lowest BCUT2D eigenvalue weighted by molar-refractivity contribution is -0.392. The second-order valence-corrected chi connectivity index (χ2v) is 4.39. The Labute approximate surface area is 120 Å². The van der Waals surface area contributed by atoms with Crippen LogP contribution in [0.4, 0.5) is 17.1 Å². The highest BCUT2D eigenvalue weighted by atomic mass is 35.5. The fourth-order valence-corrected chi connectivity index (χ4v) is 2.08. The molecule has 0 aliphatic heterocycles. The number of halogens is 1. The fourth-order valence-electron chi connectivity index (χ4n) is 1.89. The summed E-state index contributed by atoms with van der Waals surface area (Å²) in [5.41, 5.74) is 0.141. The maximum Gasteiger partial charge on any atom is 0.303 e. The van der Waals surface area contributed by atoms with Crippen molar-refractivity contribution in [2.24, 2.45) is 0 Å². The third-order valence-corrected chi connectivity index (χ3v) is 2.92. The molecule has 1 aromatic rings. The monoisotopic (exact) mass is 299 g/mol. The fraction of sp³-hybridized carbons (Fsp3) is 0.333. The minimum atomic E-state index is -0.643. The van der Waals surface area contributed by atoms with Gasteiger partial charge in [0.25, 0.3) is 5.69 Å². The van der Waals surface area contributed by atoms with E-state index in [1.165, 1.54) is 12.3 Å². The van der Waals surface area contributed by atoms with E-state index in [2.05, 4.69) is 5.32 Å². The first-order chi connectivity index (χ1) is 9.43.